The first kappa shape index (κ1) is 15.6. The van der Waals surface area contributed by atoms with Crippen LogP contribution >= 0.6 is 0 Å². The van der Waals surface area contributed by atoms with Gasteiger partial charge in [-0.25, -0.2) is 9.98 Å². The number of aliphatic imine (C=N–C) groups is 1. The van der Waals surface area contributed by atoms with Crippen molar-refractivity contribution in [3.05, 3.63) is 47.4 Å². The highest BCUT2D eigenvalue weighted by molar-refractivity contribution is 6.18. The maximum atomic E-state index is 13.1. The summed E-state index contributed by atoms with van der Waals surface area (Å²) in [6, 6.07) is 11.0. The van der Waals surface area contributed by atoms with Gasteiger partial charge in [0.15, 0.2) is 5.69 Å². The number of aryl methyl sites for hydroxylation is 1. The Morgan fingerprint density at radius 1 is 1.19 bits per heavy atom. The van der Waals surface area contributed by atoms with E-state index in [0.29, 0.717) is 24.3 Å². The molecule has 0 radical (unpaired) electrons. The summed E-state index contributed by atoms with van der Waals surface area (Å²) >= 11 is 0. The predicted octanol–water partition coefficient (Wildman–Crippen LogP) is 2.81. The summed E-state index contributed by atoms with van der Waals surface area (Å²) in [7, 11) is 0. The lowest BCUT2D eigenvalue weighted by Crippen LogP contribution is -2.53. The highest BCUT2D eigenvalue weighted by Gasteiger charge is 2.49. The number of carbonyl (C=O) groups is 1. The maximum Gasteiger partial charge on any atom is 0.283 e. The molecule has 0 spiro atoms. The highest BCUT2D eigenvalue weighted by Crippen LogP contribution is 2.41. The number of fused-ring (bicyclic) bond motifs is 5. The Balaban J connectivity index is 1.66. The van der Waals surface area contributed by atoms with E-state index in [1.807, 2.05) is 32.0 Å². The molecule has 1 aromatic heterocycles. The number of guanidine groups is 1. The first-order valence-corrected chi connectivity index (χ1v) is 9.49. The van der Waals surface area contributed by atoms with Crippen LogP contribution in [0.1, 0.15) is 48.1 Å². The van der Waals surface area contributed by atoms with E-state index in [1.54, 1.807) is 4.90 Å². The monoisotopic (exact) mass is 349 g/mol. The largest absolute Gasteiger partial charge is 0.310 e. The van der Waals surface area contributed by atoms with Gasteiger partial charge in [0, 0.05) is 6.54 Å². The zero-order chi connectivity index (χ0) is 17.8. The molecule has 1 aromatic carbocycles. The predicted molar refractivity (Wildman–Crippen MR) is 101 cm³/mol. The molecule has 0 unspecified atom stereocenters. The molecule has 5 rings (SSSR count). The van der Waals surface area contributed by atoms with Crippen LogP contribution in [0.5, 0.6) is 0 Å². The summed E-state index contributed by atoms with van der Waals surface area (Å²) in [5.74, 6) is 2.63. The second-order valence-corrected chi connectivity index (χ2v) is 7.32. The Kier molecular flexibility index (Phi) is 3.42. The van der Waals surface area contributed by atoms with Crippen LogP contribution in [0.2, 0.25) is 0 Å². The van der Waals surface area contributed by atoms with Crippen molar-refractivity contribution >= 4 is 17.7 Å². The summed E-state index contributed by atoms with van der Waals surface area (Å²) < 4.78 is 2.19. The third kappa shape index (κ3) is 2.08. The number of hydrogen-bond acceptors (Lipinski definition) is 4. The Morgan fingerprint density at radius 3 is 2.77 bits per heavy atom. The van der Waals surface area contributed by atoms with Gasteiger partial charge in [-0.05, 0) is 38.7 Å². The van der Waals surface area contributed by atoms with E-state index in [0.717, 1.165) is 37.0 Å². The lowest BCUT2D eigenvalue weighted by atomic mass is 10.1. The van der Waals surface area contributed by atoms with Crippen LogP contribution in [0, 0.1) is 6.92 Å². The van der Waals surface area contributed by atoms with Gasteiger partial charge in [0.05, 0.1) is 18.6 Å². The van der Waals surface area contributed by atoms with Crippen LogP contribution in [0.25, 0.3) is 0 Å². The van der Waals surface area contributed by atoms with Crippen LogP contribution in [-0.4, -0.2) is 44.9 Å². The molecule has 3 aliphatic rings. The van der Waals surface area contributed by atoms with E-state index >= 15 is 0 Å². The molecular weight excluding hydrogens is 326 g/mol. The number of amides is 1. The van der Waals surface area contributed by atoms with Crippen LogP contribution in [0.3, 0.4) is 0 Å². The van der Waals surface area contributed by atoms with E-state index in [1.165, 1.54) is 12.0 Å². The highest BCUT2D eigenvalue weighted by atomic mass is 16.2. The molecule has 2 aliphatic heterocycles. The molecule has 1 saturated carbocycles. The third-order valence-corrected chi connectivity index (χ3v) is 5.82. The molecule has 0 bridgehead atoms. The van der Waals surface area contributed by atoms with Crippen LogP contribution in [-0.2, 0) is 6.54 Å². The van der Waals surface area contributed by atoms with E-state index in [9.17, 15) is 4.79 Å². The number of carbonyl (C=O) groups excluding carboxylic acids is 1. The van der Waals surface area contributed by atoms with E-state index in [-0.39, 0.29) is 5.91 Å². The number of rotatable bonds is 3. The van der Waals surface area contributed by atoms with E-state index < -0.39 is 0 Å². The van der Waals surface area contributed by atoms with Crippen molar-refractivity contribution in [3.63, 3.8) is 0 Å². The molecule has 2 atom stereocenters. The molecule has 1 aliphatic carbocycles. The Labute approximate surface area is 153 Å². The van der Waals surface area contributed by atoms with Crippen LogP contribution in [0.15, 0.2) is 35.3 Å². The Morgan fingerprint density at radius 2 is 2.00 bits per heavy atom. The van der Waals surface area contributed by atoms with Crippen molar-refractivity contribution < 1.29 is 4.79 Å². The van der Waals surface area contributed by atoms with E-state index in [2.05, 4.69) is 26.6 Å². The number of aromatic nitrogens is 2. The molecule has 6 heteroatoms. The van der Waals surface area contributed by atoms with Crippen molar-refractivity contribution in [2.45, 2.75) is 51.7 Å². The zero-order valence-corrected chi connectivity index (χ0v) is 15.2. The first-order chi connectivity index (χ1) is 12.7. The number of nitrogens with zero attached hydrogens (tertiary/aromatic N) is 5. The van der Waals surface area contributed by atoms with Crippen molar-refractivity contribution in [2.75, 3.05) is 11.4 Å². The van der Waals surface area contributed by atoms with Gasteiger partial charge in [-0.15, -0.1) is 0 Å². The van der Waals surface area contributed by atoms with Gasteiger partial charge >= 0.3 is 0 Å². The van der Waals surface area contributed by atoms with Crippen molar-refractivity contribution in [1.82, 2.24) is 14.5 Å². The molecule has 2 aromatic rings. The minimum atomic E-state index is -0.0209. The Hall–Kier alpha value is -2.63. The second kappa shape index (κ2) is 5.69. The molecule has 6 nitrogen and oxygen atoms in total. The van der Waals surface area contributed by atoms with Gasteiger partial charge in [0.2, 0.25) is 5.96 Å². The van der Waals surface area contributed by atoms with Gasteiger partial charge in [0.1, 0.15) is 11.6 Å². The normalized spacial score (nSPS) is 23.8. The lowest BCUT2D eigenvalue weighted by Gasteiger charge is -2.36. The molecule has 1 amide bonds. The average Bonchev–Trinajstić information content (AvgIpc) is 3.31. The fraction of sp³-hybridized carbons (Fsp3) is 0.450. The summed E-state index contributed by atoms with van der Waals surface area (Å²) in [4.78, 5) is 26.8. The molecule has 0 N–H and O–H groups in total. The molecular formula is C20H23N5O. The summed E-state index contributed by atoms with van der Waals surface area (Å²) in [6.07, 6.45) is 3.43. The molecule has 3 heterocycles. The van der Waals surface area contributed by atoms with Crippen molar-refractivity contribution in [2.24, 2.45) is 4.99 Å². The maximum absolute atomic E-state index is 13.1. The zero-order valence-electron chi connectivity index (χ0n) is 15.2. The standard InChI is InChI=1S/C20H23N5O/c1-3-23-19(26)17-18(25-16-11-7-10-15(16)22-20(23)25)24(13(2)21-17)12-14-8-5-4-6-9-14/h4-6,8-9,15-16H,3,7,10-12H2,1-2H3/t15-,16+/m1/s1. The number of benzene rings is 1. The summed E-state index contributed by atoms with van der Waals surface area (Å²) in [6.45, 7) is 5.34. The minimum absolute atomic E-state index is 0.0209. The fourth-order valence-electron chi connectivity index (χ4n) is 4.58. The average molecular weight is 349 g/mol. The molecule has 26 heavy (non-hydrogen) atoms. The number of anilines is 1. The quantitative estimate of drug-likeness (QED) is 0.856. The van der Waals surface area contributed by atoms with Gasteiger partial charge < -0.3 is 4.57 Å². The molecule has 134 valence electrons. The smallest absolute Gasteiger partial charge is 0.283 e. The van der Waals surface area contributed by atoms with Crippen LogP contribution < -0.4 is 4.90 Å². The SMILES string of the molecule is CCN1C(=O)c2nc(C)n(Cc3ccccc3)c2N2C1=N[C@@H]1CCC[C@@H]12. The second-order valence-electron chi connectivity index (χ2n) is 7.32. The van der Waals surface area contributed by atoms with Gasteiger partial charge in [-0.2, -0.15) is 0 Å². The topological polar surface area (TPSA) is 53.7 Å². The summed E-state index contributed by atoms with van der Waals surface area (Å²) in [5.41, 5.74) is 1.79. The first-order valence-electron chi connectivity index (χ1n) is 9.49. The van der Waals surface area contributed by atoms with Gasteiger partial charge in [-0.3, -0.25) is 14.6 Å². The Bertz CT molecular complexity index is 900. The van der Waals surface area contributed by atoms with Gasteiger partial charge in [0.25, 0.3) is 5.91 Å². The minimum Gasteiger partial charge on any atom is -0.310 e. The molecule has 1 fully saturated rings. The number of hydrogen-bond donors (Lipinski definition) is 0. The van der Waals surface area contributed by atoms with Crippen molar-refractivity contribution in [3.8, 4) is 0 Å². The fourth-order valence-corrected chi connectivity index (χ4v) is 4.58. The van der Waals surface area contributed by atoms with E-state index in [4.69, 9.17) is 4.99 Å². The molecule has 0 saturated heterocycles. The summed E-state index contributed by atoms with van der Waals surface area (Å²) in [5, 5.41) is 0. The number of imidazole rings is 1. The lowest BCUT2D eigenvalue weighted by molar-refractivity contribution is 0.0840. The van der Waals surface area contributed by atoms with Crippen LogP contribution in [0.4, 0.5) is 5.82 Å². The van der Waals surface area contributed by atoms with Crippen molar-refractivity contribution in [1.29, 1.82) is 0 Å². The third-order valence-electron chi connectivity index (χ3n) is 5.82. The van der Waals surface area contributed by atoms with Gasteiger partial charge in [-0.1, -0.05) is 30.3 Å².